The molecule has 0 saturated heterocycles. The number of amides is 1. The standard InChI is InChI=1S/C14H14BrNOS/c1-2-10-7-8-18-13(10)9-16-14(17)11-5-3-4-6-12(11)15/h3-8H,2,9H2,1H3,(H,16,17). The van der Waals surface area contributed by atoms with Gasteiger partial charge in [0, 0.05) is 9.35 Å². The number of carbonyl (C=O) groups is 1. The Balaban J connectivity index is 2.03. The number of rotatable bonds is 4. The molecule has 0 bridgehead atoms. The molecule has 18 heavy (non-hydrogen) atoms. The van der Waals surface area contributed by atoms with Gasteiger partial charge in [-0.2, -0.15) is 0 Å². The maximum atomic E-state index is 12.0. The molecule has 0 atom stereocenters. The Hall–Kier alpha value is -1.13. The third-order valence-corrected chi connectivity index (χ3v) is 4.40. The van der Waals surface area contributed by atoms with Crippen LogP contribution >= 0.6 is 27.3 Å². The van der Waals surface area contributed by atoms with E-state index in [2.05, 4.69) is 39.6 Å². The van der Waals surface area contributed by atoms with E-state index < -0.39 is 0 Å². The number of aryl methyl sites for hydroxylation is 1. The van der Waals surface area contributed by atoms with Crippen LogP contribution < -0.4 is 5.32 Å². The third-order valence-electron chi connectivity index (χ3n) is 2.75. The van der Waals surface area contributed by atoms with Crippen molar-refractivity contribution in [1.82, 2.24) is 5.32 Å². The van der Waals surface area contributed by atoms with E-state index >= 15 is 0 Å². The van der Waals surface area contributed by atoms with E-state index in [1.165, 1.54) is 10.4 Å². The Morgan fingerprint density at radius 1 is 1.33 bits per heavy atom. The van der Waals surface area contributed by atoms with Crippen molar-refractivity contribution in [2.45, 2.75) is 19.9 Å². The summed E-state index contributed by atoms with van der Waals surface area (Å²) in [5, 5.41) is 5.03. The summed E-state index contributed by atoms with van der Waals surface area (Å²) in [6, 6.07) is 9.56. The highest BCUT2D eigenvalue weighted by Gasteiger charge is 2.10. The molecular formula is C14H14BrNOS. The van der Waals surface area contributed by atoms with Crippen molar-refractivity contribution >= 4 is 33.2 Å². The average molecular weight is 324 g/mol. The SMILES string of the molecule is CCc1ccsc1CNC(=O)c1ccccc1Br. The average Bonchev–Trinajstić information content (AvgIpc) is 2.84. The summed E-state index contributed by atoms with van der Waals surface area (Å²) < 4.78 is 0.824. The molecule has 0 unspecified atom stereocenters. The van der Waals surface area contributed by atoms with E-state index in [1.54, 1.807) is 11.3 Å². The van der Waals surface area contributed by atoms with Crippen LogP contribution in [0.1, 0.15) is 27.7 Å². The van der Waals surface area contributed by atoms with E-state index in [1.807, 2.05) is 24.3 Å². The molecule has 1 N–H and O–H groups in total. The lowest BCUT2D eigenvalue weighted by Crippen LogP contribution is -2.23. The van der Waals surface area contributed by atoms with Crippen molar-refractivity contribution in [2.24, 2.45) is 0 Å². The van der Waals surface area contributed by atoms with Crippen molar-refractivity contribution in [3.05, 3.63) is 56.2 Å². The van der Waals surface area contributed by atoms with Gasteiger partial charge in [-0.05, 0) is 51.5 Å². The quantitative estimate of drug-likeness (QED) is 0.905. The highest BCUT2D eigenvalue weighted by atomic mass is 79.9. The highest BCUT2D eigenvalue weighted by molar-refractivity contribution is 9.10. The van der Waals surface area contributed by atoms with Crippen molar-refractivity contribution in [3.8, 4) is 0 Å². The first kappa shape index (κ1) is 13.3. The van der Waals surface area contributed by atoms with Gasteiger partial charge in [0.15, 0.2) is 0 Å². The summed E-state index contributed by atoms with van der Waals surface area (Å²) in [7, 11) is 0. The molecule has 1 aromatic heterocycles. The fourth-order valence-electron chi connectivity index (χ4n) is 1.74. The predicted molar refractivity (Wildman–Crippen MR) is 79.0 cm³/mol. The molecule has 1 aromatic carbocycles. The van der Waals surface area contributed by atoms with Crippen LogP contribution in [0.25, 0.3) is 0 Å². The molecule has 0 aliphatic rings. The van der Waals surface area contributed by atoms with Gasteiger partial charge in [0.25, 0.3) is 5.91 Å². The first-order valence-electron chi connectivity index (χ1n) is 5.80. The number of benzene rings is 1. The lowest BCUT2D eigenvalue weighted by molar-refractivity contribution is 0.0950. The molecular weight excluding hydrogens is 310 g/mol. The van der Waals surface area contributed by atoms with E-state index in [4.69, 9.17) is 0 Å². The molecule has 1 heterocycles. The predicted octanol–water partition coefficient (Wildman–Crippen LogP) is 4.00. The van der Waals surface area contributed by atoms with Crippen molar-refractivity contribution in [3.63, 3.8) is 0 Å². The second-order valence-electron chi connectivity index (χ2n) is 3.89. The van der Waals surface area contributed by atoms with Gasteiger partial charge in [-0.15, -0.1) is 11.3 Å². The van der Waals surface area contributed by atoms with Gasteiger partial charge in [0.2, 0.25) is 0 Å². The zero-order valence-corrected chi connectivity index (χ0v) is 12.5. The third kappa shape index (κ3) is 3.00. The summed E-state index contributed by atoms with van der Waals surface area (Å²) in [6.07, 6.45) is 1.00. The van der Waals surface area contributed by atoms with Gasteiger partial charge in [-0.1, -0.05) is 19.1 Å². The van der Waals surface area contributed by atoms with Gasteiger partial charge >= 0.3 is 0 Å². The summed E-state index contributed by atoms with van der Waals surface area (Å²) in [4.78, 5) is 13.3. The molecule has 2 nitrogen and oxygen atoms in total. The molecule has 4 heteroatoms. The largest absolute Gasteiger partial charge is 0.347 e. The van der Waals surface area contributed by atoms with Crippen molar-refractivity contribution in [2.75, 3.05) is 0 Å². The number of carbonyl (C=O) groups excluding carboxylic acids is 1. The van der Waals surface area contributed by atoms with E-state index in [0.717, 1.165) is 10.9 Å². The van der Waals surface area contributed by atoms with Crippen LogP contribution in [0, 0.1) is 0 Å². The summed E-state index contributed by atoms with van der Waals surface area (Å²) in [5.41, 5.74) is 1.99. The fraction of sp³-hybridized carbons (Fsp3) is 0.214. The van der Waals surface area contributed by atoms with Crippen LogP contribution in [0.2, 0.25) is 0 Å². The minimum atomic E-state index is -0.0436. The smallest absolute Gasteiger partial charge is 0.252 e. The van der Waals surface area contributed by atoms with Gasteiger partial charge in [0.05, 0.1) is 12.1 Å². The maximum absolute atomic E-state index is 12.0. The van der Waals surface area contributed by atoms with Crippen LogP contribution in [0.3, 0.4) is 0 Å². The van der Waals surface area contributed by atoms with Crippen molar-refractivity contribution in [1.29, 1.82) is 0 Å². The molecule has 2 aromatic rings. The zero-order valence-electron chi connectivity index (χ0n) is 10.1. The number of nitrogens with one attached hydrogen (secondary N) is 1. The summed E-state index contributed by atoms with van der Waals surface area (Å²) >= 11 is 5.07. The normalized spacial score (nSPS) is 10.3. The molecule has 0 saturated carbocycles. The van der Waals surface area contributed by atoms with Crippen LogP contribution in [0.4, 0.5) is 0 Å². The summed E-state index contributed by atoms with van der Waals surface area (Å²) in [6.45, 7) is 2.72. The van der Waals surface area contributed by atoms with Gasteiger partial charge in [0.1, 0.15) is 0 Å². The Morgan fingerprint density at radius 2 is 2.11 bits per heavy atom. The molecule has 0 radical (unpaired) electrons. The minimum Gasteiger partial charge on any atom is -0.347 e. The summed E-state index contributed by atoms with van der Waals surface area (Å²) in [5.74, 6) is -0.0436. The first-order chi connectivity index (χ1) is 8.72. The topological polar surface area (TPSA) is 29.1 Å². The van der Waals surface area contributed by atoms with Crippen LogP contribution in [-0.4, -0.2) is 5.91 Å². The first-order valence-corrected chi connectivity index (χ1v) is 7.47. The number of thiophene rings is 1. The Kier molecular flexibility index (Phi) is 4.55. The van der Waals surface area contributed by atoms with Crippen LogP contribution in [0.15, 0.2) is 40.2 Å². The van der Waals surface area contributed by atoms with Crippen LogP contribution in [-0.2, 0) is 13.0 Å². The van der Waals surface area contributed by atoms with Gasteiger partial charge < -0.3 is 5.32 Å². The molecule has 2 rings (SSSR count). The minimum absolute atomic E-state index is 0.0436. The second-order valence-corrected chi connectivity index (χ2v) is 5.74. The molecule has 0 fully saturated rings. The van der Waals surface area contributed by atoms with Crippen molar-refractivity contribution < 1.29 is 4.79 Å². The lowest BCUT2D eigenvalue weighted by atomic mass is 10.2. The molecule has 0 spiro atoms. The van der Waals surface area contributed by atoms with Crippen LogP contribution in [0.5, 0.6) is 0 Å². The highest BCUT2D eigenvalue weighted by Crippen LogP contribution is 2.18. The molecule has 1 amide bonds. The lowest BCUT2D eigenvalue weighted by Gasteiger charge is -2.06. The maximum Gasteiger partial charge on any atom is 0.252 e. The van der Waals surface area contributed by atoms with E-state index in [-0.39, 0.29) is 5.91 Å². The van der Waals surface area contributed by atoms with E-state index in [0.29, 0.717) is 12.1 Å². The molecule has 94 valence electrons. The fourth-order valence-corrected chi connectivity index (χ4v) is 3.12. The number of hydrogen-bond acceptors (Lipinski definition) is 2. The van der Waals surface area contributed by atoms with Gasteiger partial charge in [-0.25, -0.2) is 0 Å². The second kappa shape index (κ2) is 6.16. The van der Waals surface area contributed by atoms with E-state index in [9.17, 15) is 4.79 Å². The number of halogens is 1. The Morgan fingerprint density at radius 3 is 2.83 bits per heavy atom. The molecule has 0 aliphatic carbocycles. The number of hydrogen-bond donors (Lipinski definition) is 1. The monoisotopic (exact) mass is 323 g/mol. The van der Waals surface area contributed by atoms with Gasteiger partial charge in [-0.3, -0.25) is 4.79 Å². The molecule has 0 aliphatic heterocycles. The Labute approximate surface area is 119 Å². The Bertz CT molecular complexity index is 550. The zero-order chi connectivity index (χ0) is 13.0.